The van der Waals surface area contributed by atoms with E-state index >= 15 is 0 Å². The lowest BCUT2D eigenvalue weighted by atomic mass is 10.1. The Bertz CT molecular complexity index is 1190. The minimum Gasteiger partial charge on any atom is -0.454 e. The predicted octanol–water partition coefficient (Wildman–Crippen LogP) is 3.43. The van der Waals surface area contributed by atoms with E-state index < -0.39 is 17.2 Å². The fraction of sp³-hybridized carbons (Fsp3) is 0.250. The molecule has 4 amide bonds. The summed E-state index contributed by atoms with van der Waals surface area (Å²) in [6, 6.07) is 12.3. The lowest BCUT2D eigenvalue weighted by Crippen LogP contribution is -2.43. The van der Waals surface area contributed by atoms with Gasteiger partial charge < -0.3 is 14.8 Å². The quantitative estimate of drug-likeness (QED) is 0.635. The first-order chi connectivity index (χ1) is 16.4. The largest absolute Gasteiger partial charge is 0.454 e. The summed E-state index contributed by atoms with van der Waals surface area (Å²) in [5.74, 6) is 0.445. The number of nitrogens with one attached hydrogen (secondary N) is 2. The highest BCUT2D eigenvalue weighted by atomic mass is 32.2. The average Bonchev–Trinajstić information content (AvgIpc) is 3.39. The summed E-state index contributed by atoms with van der Waals surface area (Å²) < 4.78 is 10.8. The number of benzene rings is 2. The van der Waals surface area contributed by atoms with Crippen molar-refractivity contribution in [1.29, 1.82) is 0 Å². The summed E-state index contributed by atoms with van der Waals surface area (Å²) in [5.41, 5.74) is 2.63. The van der Waals surface area contributed by atoms with E-state index in [-0.39, 0.29) is 18.4 Å². The summed E-state index contributed by atoms with van der Waals surface area (Å²) in [4.78, 5) is 43.6. The molecule has 0 unspecified atom stereocenters. The third-order valence-corrected chi connectivity index (χ3v) is 6.10. The highest BCUT2D eigenvalue weighted by molar-refractivity contribution is 8.15. The highest BCUT2D eigenvalue weighted by Gasteiger charge is 2.34. The van der Waals surface area contributed by atoms with Crippen LogP contribution < -0.4 is 25.0 Å². The minimum absolute atomic E-state index is 0.157. The number of hydrogen-bond donors (Lipinski definition) is 2. The second-order valence-electron chi connectivity index (χ2n) is 7.62. The Labute approximate surface area is 201 Å². The van der Waals surface area contributed by atoms with Crippen LogP contribution in [0.4, 0.5) is 10.5 Å². The monoisotopic (exact) mass is 480 g/mol. The molecule has 2 N–H and O–H groups in total. The van der Waals surface area contributed by atoms with Crippen molar-refractivity contribution in [1.82, 2.24) is 10.6 Å². The number of aryl methyl sites for hydroxylation is 1. The average molecular weight is 481 g/mol. The Morgan fingerprint density at radius 1 is 1.18 bits per heavy atom. The number of urea groups is 1. The number of rotatable bonds is 5. The number of nitrogens with zero attached hydrogens (tertiary/aromatic N) is 2. The number of amides is 4. The molecule has 0 fully saturated rings. The van der Waals surface area contributed by atoms with Crippen molar-refractivity contribution in [3.8, 4) is 11.5 Å². The standard InChI is InChI=1S/C24H24N4O5S/c1-4-25-23(31)27-21(29)15(3)34-24-26-18(11-16-7-10-19-20(12-16)33-13-32-19)22(30)28(24)17-8-5-14(2)6-9-17/h5-12,15H,4,13H2,1-3H3,(H2,25,27,29,31)/b18-11-/t15-/m0/s1. The van der Waals surface area contributed by atoms with E-state index in [0.29, 0.717) is 28.9 Å². The number of carbonyl (C=O) groups is 3. The molecule has 34 heavy (non-hydrogen) atoms. The molecule has 0 spiro atoms. The summed E-state index contributed by atoms with van der Waals surface area (Å²) in [5, 5.41) is 4.49. The fourth-order valence-electron chi connectivity index (χ4n) is 3.29. The molecule has 4 rings (SSSR count). The number of hydrogen-bond acceptors (Lipinski definition) is 7. The highest BCUT2D eigenvalue weighted by Crippen LogP contribution is 2.35. The van der Waals surface area contributed by atoms with E-state index in [9.17, 15) is 14.4 Å². The van der Waals surface area contributed by atoms with Gasteiger partial charge in [0.25, 0.3) is 5.91 Å². The first-order valence-electron chi connectivity index (χ1n) is 10.7. The maximum absolute atomic E-state index is 13.4. The van der Waals surface area contributed by atoms with Crippen LogP contribution in [-0.4, -0.2) is 41.6 Å². The fourth-order valence-corrected chi connectivity index (χ4v) is 4.21. The van der Waals surface area contributed by atoms with Gasteiger partial charge in [-0.15, -0.1) is 0 Å². The van der Waals surface area contributed by atoms with E-state index in [0.717, 1.165) is 22.9 Å². The van der Waals surface area contributed by atoms with Crippen LogP contribution in [0.15, 0.2) is 53.2 Å². The molecule has 0 aromatic heterocycles. The third kappa shape index (κ3) is 5.07. The Morgan fingerprint density at radius 2 is 1.91 bits per heavy atom. The number of ether oxygens (including phenoxy) is 2. The zero-order valence-corrected chi connectivity index (χ0v) is 19.8. The van der Waals surface area contributed by atoms with Crippen LogP contribution in [0.5, 0.6) is 11.5 Å². The molecule has 2 aliphatic heterocycles. The molecule has 2 aliphatic rings. The van der Waals surface area contributed by atoms with Crippen molar-refractivity contribution >= 4 is 46.5 Å². The van der Waals surface area contributed by atoms with Crippen LogP contribution in [0, 0.1) is 6.92 Å². The van der Waals surface area contributed by atoms with Gasteiger partial charge in [-0.3, -0.25) is 19.8 Å². The van der Waals surface area contributed by atoms with Gasteiger partial charge in [0.1, 0.15) is 5.70 Å². The molecule has 2 aromatic rings. The normalized spacial score (nSPS) is 16.4. The maximum Gasteiger partial charge on any atom is 0.321 e. The third-order valence-electron chi connectivity index (χ3n) is 5.05. The van der Waals surface area contributed by atoms with Crippen LogP contribution in [0.1, 0.15) is 25.0 Å². The SMILES string of the molecule is CCNC(=O)NC(=O)[C@H](C)SC1=N/C(=C\c2ccc3c(c2)OCO3)C(=O)N1c1ccc(C)cc1. The number of thioether (sulfide) groups is 1. The summed E-state index contributed by atoms with van der Waals surface area (Å²) in [6.07, 6.45) is 1.67. The zero-order chi connectivity index (χ0) is 24.2. The van der Waals surface area contributed by atoms with Crippen LogP contribution in [0.2, 0.25) is 0 Å². The van der Waals surface area contributed by atoms with Gasteiger partial charge in [-0.1, -0.05) is 35.5 Å². The predicted molar refractivity (Wildman–Crippen MR) is 131 cm³/mol. The molecule has 2 aromatic carbocycles. The van der Waals surface area contributed by atoms with Crippen molar-refractivity contribution < 1.29 is 23.9 Å². The first kappa shape index (κ1) is 23.4. The van der Waals surface area contributed by atoms with Crippen molar-refractivity contribution in [3.05, 3.63) is 59.3 Å². The molecule has 0 radical (unpaired) electrons. The van der Waals surface area contributed by atoms with Gasteiger partial charge in [-0.2, -0.15) is 0 Å². The molecule has 2 heterocycles. The van der Waals surface area contributed by atoms with Crippen molar-refractivity contribution in [3.63, 3.8) is 0 Å². The number of anilines is 1. The van der Waals surface area contributed by atoms with Crippen LogP contribution in [0.3, 0.4) is 0 Å². The molecule has 1 atom stereocenters. The molecule has 0 saturated carbocycles. The Balaban J connectivity index is 1.62. The molecule has 0 saturated heterocycles. The van der Waals surface area contributed by atoms with Crippen LogP contribution >= 0.6 is 11.8 Å². The van der Waals surface area contributed by atoms with Crippen molar-refractivity contribution in [2.24, 2.45) is 4.99 Å². The lowest BCUT2D eigenvalue weighted by molar-refractivity contribution is -0.119. The molecule has 10 heteroatoms. The molecule has 9 nitrogen and oxygen atoms in total. The van der Waals surface area contributed by atoms with Gasteiger partial charge >= 0.3 is 6.03 Å². The van der Waals surface area contributed by atoms with E-state index in [1.54, 1.807) is 32.1 Å². The van der Waals surface area contributed by atoms with Gasteiger partial charge in [0, 0.05) is 6.54 Å². The Kier molecular flexibility index (Phi) is 6.87. The van der Waals surface area contributed by atoms with Gasteiger partial charge in [-0.25, -0.2) is 9.79 Å². The van der Waals surface area contributed by atoms with E-state index in [1.165, 1.54) is 4.90 Å². The maximum atomic E-state index is 13.4. The van der Waals surface area contributed by atoms with Crippen LogP contribution in [-0.2, 0) is 9.59 Å². The summed E-state index contributed by atoms with van der Waals surface area (Å²) >= 11 is 1.10. The molecular weight excluding hydrogens is 456 g/mol. The van der Waals surface area contributed by atoms with Crippen molar-refractivity contribution in [2.75, 3.05) is 18.2 Å². The minimum atomic E-state index is -0.674. The topological polar surface area (TPSA) is 109 Å². The number of carbonyl (C=O) groups excluding carboxylic acids is 3. The van der Waals surface area contributed by atoms with E-state index in [4.69, 9.17) is 9.47 Å². The molecule has 0 aliphatic carbocycles. The smallest absolute Gasteiger partial charge is 0.321 e. The number of amidine groups is 1. The van der Waals surface area contributed by atoms with E-state index in [1.807, 2.05) is 37.3 Å². The molecule has 176 valence electrons. The molecule has 0 bridgehead atoms. The summed E-state index contributed by atoms with van der Waals surface area (Å²) in [7, 11) is 0. The van der Waals surface area contributed by atoms with Crippen molar-refractivity contribution in [2.45, 2.75) is 26.0 Å². The van der Waals surface area contributed by atoms with Gasteiger partial charge in [0.05, 0.1) is 10.9 Å². The van der Waals surface area contributed by atoms with Crippen LogP contribution in [0.25, 0.3) is 6.08 Å². The summed E-state index contributed by atoms with van der Waals surface area (Å²) in [6.45, 7) is 5.92. The second-order valence-corrected chi connectivity index (χ2v) is 8.93. The number of aliphatic imine (C=N–C) groups is 1. The zero-order valence-electron chi connectivity index (χ0n) is 19.0. The lowest BCUT2D eigenvalue weighted by Gasteiger charge is -2.20. The number of imide groups is 1. The van der Waals surface area contributed by atoms with Gasteiger partial charge in [-0.05, 0) is 56.7 Å². The molecular formula is C24H24N4O5S. The Morgan fingerprint density at radius 3 is 2.65 bits per heavy atom. The first-order valence-corrected chi connectivity index (χ1v) is 11.6. The van der Waals surface area contributed by atoms with E-state index in [2.05, 4.69) is 15.6 Å². The Hall–Kier alpha value is -3.79. The number of fused-ring (bicyclic) bond motifs is 1. The second kappa shape index (κ2) is 10.0. The van der Waals surface area contributed by atoms with Gasteiger partial charge in [0.2, 0.25) is 12.7 Å². The van der Waals surface area contributed by atoms with Gasteiger partial charge in [0.15, 0.2) is 16.7 Å².